The monoisotopic (exact) mass is 456 g/mol. The van der Waals surface area contributed by atoms with Crippen LogP contribution in [-0.4, -0.2) is 41.1 Å². The fourth-order valence-corrected chi connectivity index (χ4v) is 3.85. The molecule has 1 aliphatic rings. The van der Waals surface area contributed by atoms with Gasteiger partial charge in [-0.25, -0.2) is 0 Å². The van der Waals surface area contributed by atoms with Crippen molar-refractivity contribution in [3.8, 4) is 0 Å². The molecule has 0 radical (unpaired) electrons. The Kier molecular flexibility index (Phi) is 7.14. The number of nitrogens with one attached hydrogen (secondary N) is 2. The van der Waals surface area contributed by atoms with Crippen molar-refractivity contribution < 1.29 is 27.3 Å². The van der Waals surface area contributed by atoms with Crippen LogP contribution < -0.4 is 15.5 Å². The minimum Gasteiger partial charge on any atom is -0.370 e. The third kappa shape index (κ3) is 6.16. The molecule has 0 aliphatic carbocycles. The second kappa shape index (κ2) is 9.63. The zero-order chi connectivity index (χ0) is 22.6. The van der Waals surface area contributed by atoms with E-state index in [-0.39, 0.29) is 23.2 Å². The Bertz CT molecular complexity index is 942. The predicted octanol–water partition coefficient (Wildman–Crippen LogP) is 4.30. The van der Waals surface area contributed by atoms with E-state index in [1.54, 1.807) is 19.9 Å². The van der Waals surface area contributed by atoms with Crippen LogP contribution in [0.4, 0.5) is 30.4 Å². The van der Waals surface area contributed by atoms with Crippen LogP contribution in [0.3, 0.4) is 0 Å². The van der Waals surface area contributed by atoms with Gasteiger partial charge < -0.3 is 20.1 Å². The molecular formula is C20H23F3N4O3S. The molecule has 2 amide bonds. The van der Waals surface area contributed by atoms with Gasteiger partial charge in [-0.15, -0.1) is 11.8 Å². The smallest absolute Gasteiger partial charge is 0.370 e. The lowest BCUT2D eigenvalue weighted by molar-refractivity contribution is -0.137. The molecule has 3 rings (SSSR count). The molecule has 2 N–H and O–H groups in total. The Morgan fingerprint density at radius 3 is 2.55 bits per heavy atom. The second-order valence-corrected chi connectivity index (χ2v) is 8.57. The second-order valence-electron chi connectivity index (χ2n) is 7.24. The number of amides is 2. The van der Waals surface area contributed by atoms with E-state index in [9.17, 15) is 22.8 Å². The van der Waals surface area contributed by atoms with Crippen molar-refractivity contribution in [2.75, 3.05) is 34.4 Å². The first kappa shape index (κ1) is 23.0. The van der Waals surface area contributed by atoms with Crippen molar-refractivity contribution in [3.05, 3.63) is 35.6 Å². The summed E-state index contributed by atoms with van der Waals surface area (Å²) in [4.78, 5) is 26.6. The summed E-state index contributed by atoms with van der Waals surface area (Å²) < 4.78 is 44.3. The highest BCUT2D eigenvalue weighted by Gasteiger charge is 2.32. The predicted molar refractivity (Wildman–Crippen MR) is 113 cm³/mol. The molecule has 1 saturated heterocycles. The zero-order valence-corrected chi connectivity index (χ0v) is 17.9. The fourth-order valence-electron chi connectivity index (χ4n) is 3.16. The average Bonchev–Trinajstić information content (AvgIpc) is 3.37. The number of aromatic nitrogens is 1. The number of halogens is 3. The van der Waals surface area contributed by atoms with E-state index >= 15 is 0 Å². The Morgan fingerprint density at radius 1 is 1.23 bits per heavy atom. The van der Waals surface area contributed by atoms with E-state index in [1.807, 2.05) is 4.90 Å². The van der Waals surface area contributed by atoms with Crippen molar-refractivity contribution in [2.24, 2.45) is 0 Å². The van der Waals surface area contributed by atoms with Crippen molar-refractivity contribution in [1.29, 1.82) is 0 Å². The van der Waals surface area contributed by atoms with Crippen molar-refractivity contribution in [3.63, 3.8) is 0 Å². The minimum absolute atomic E-state index is 0.0951. The number of benzene rings is 1. The van der Waals surface area contributed by atoms with E-state index in [0.29, 0.717) is 11.4 Å². The van der Waals surface area contributed by atoms with Gasteiger partial charge in [0, 0.05) is 19.2 Å². The summed E-state index contributed by atoms with van der Waals surface area (Å²) in [6, 6.07) is 4.94. The van der Waals surface area contributed by atoms with Gasteiger partial charge in [0.05, 0.1) is 27.9 Å². The van der Waals surface area contributed by atoms with Gasteiger partial charge in [0.1, 0.15) is 5.76 Å². The number of carbonyl (C=O) groups excluding carboxylic acids is 2. The summed E-state index contributed by atoms with van der Waals surface area (Å²) in [5.41, 5.74) is -0.136. The van der Waals surface area contributed by atoms with Gasteiger partial charge in [-0.3, -0.25) is 9.59 Å². The quantitative estimate of drug-likeness (QED) is 0.646. The van der Waals surface area contributed by atoms with Crippen LogP contribution in [-0.2, 0) is 15.8 Å². The summed E-state index contributed by atoms with van der Waals surface area (Å²) in [6.07, 6.45) is -2.62. The normalized spacial score (nSPS) is 15.1. The number of hydrogen-bond acceptors (Lipinski definition) is 6. The Morgan fingerprint density at radius 2 is 1.94 bits per heavy atom. The molecule has 1 aromatic carbocycles. The van der Waals surface area contributed by atoms with Gasteiger partial charge in [-0.05, 0) is 44.9 Å². The lowest BCUT2D eigenvalue weighted by Gasteiger charge is -2.23. The van der Waals surface area contributed by atoms with Gasteiger partial charge in [0.15, 0.2) is 5.82 Å². The van der Waals surface area contributed by atoms with Gasteiger partial charge in [0.2, 0.25) is 11.8 Å². The molecule has 11 heteroatoms. The summed E-state index contributed by atoms with van der Waals surface area (Å²) in [6.45, 7) is 4.76. The molecule has 31 heavy (non-hydrogen) atoms. The SMILES string of the molecule is Cc1cc(NC(=O)C(C)SCC(=O)Nc2cc(C(F)(F)F)ccc2N2CCCC2)no1. The van der Waals surface area contributed by atoms with Crippen LogP contribution in [0.1, 0.15) is 31.1 Å². The van der Waals surface area contributed by atoms with Gasteiger partial charge in [0.25, 0.3) is 0 Å². The molecule has 1 unspecified atom stereocenters. The third-order valence-electron chi connectivity index (χ3n) is 4.76. The molecule has 0 saturated carbocycles. The number of hydrogen-bond donors (Lipinski definition) is 2. The first-order valence-electron chi connectivity index (χ1n) is 9.75. The standard InChI is InChI=1S/C20H23F3N4O3S/c1-12-9-17(26-30-12)25-19(29)13(2)31-11-18(28)24-15-10-14(20(21,22)23)5-6-16(15)27-7-3-4-8-27/h5-6,9-10,13H,3-4,7-8,11H2,1-2H3,(H,24,28)(H,25,26,29). The van der Waals surface area contributed by atoms with Gasteiger partial charge >= 0.3 is 6.18 Å². The molecule has 2 aromatic rings. The lowest BCUT2D eigenvalue weighted by atomic mass is 10.1. The topological polar surface area (TPSA) is 87.5 Å². The highest BCUT2D eigenvalue weighted by molar-refractivity contribution is 8.01. The zero-order valence-electron chi connectivity index (χ0n) is 17.1. The Labute approximate surface area is 181 Å². The van der Waals surface area contributed by atoms with E-state index in [0.717, 1.165) is 49.8 Å². The number of rotatable bonds is 7. The Balaban J connectivity index is 1.62. The molecule has 168 valence electrons. The van der Waals surface area contributed by atoms with Crippen LogP contribution in [0.2, 0.25) is 0 Å². The average molecular weight is 456 g/mol. The molecule has 1 aromatic heterocycles. The van der Waals surface area contributed by atoms with Crippen LogP contribution in [0.15, 0.2) is 28.8 Å². The minimum atomic E-state index is -4.51. The van der Waals surface area contributed by atoms with Crippen LogP contribution in [0.5, 0.6) is 0 Å². The van der Waals surface area contributed by atoms with Crippen LogP contribution >= 0.6 is 11.8 Å². The maximum absolute atomic E-state index is 13.2. The molecule has 1 atom stereocenters. The van der Waals surface area contributed by atoms with Crippen molar-refractivity contribution in [1.82, 2.24) is 5.16 Å². The van der Waals surface area contributed by atoms with Crippen LogP contribution in [0.25, 0.3) is 0 Å². The lowest BCUT2D eigenvalue weighted by Crippen LogP contribution is -2.26. The van der Waals surface area contributed by atoms with E-state index in [4.69, 9.17) is 4.52 Å². The van der Waals surface area contributed by atoms with Crippen molar-refractivity contribution in [2.45, 2.75) is 38.1 Å². The summed E-state index contributed by atoms with van der Waals surface area (Å²) >= 11 is 1.07. The molecule has 2 heterocycles. The number of alkyl halides is 3. The molecule has 1 fully saturated rings. The Hall–Kier alpha value is -2.69. The fraction of sp³-hybridized carbons (Fsp3) is 0.450. The van der Waals surface area contributed by atoms with Gasteiger partial charge in [-0.1, -0.05) is 5.16 Å². The van der Waals surface area contributed by atoms with E-state index in [1.165, 1.54) is 6.07 Å². The van der Waals surface area contributed by atoms with E-state index in [2.05, 4.69) is 15.8 Å². The third-order valence-corrected chi connectivity index (χ3v) is 5.90. The molecule has 0 bridgehead atoms. The largest absolute Gasteiger partial charge is 0.416 e. The first-order chi connectivity index (χ1) is 14.6. The highest BCUT2D eigenvalue weighted by Crippen LogP contribution is 2.36. The molecule has 0 spiro atoms. The maximum atomic E-state index is 13.2. The molecule has 1 aliphatic heterocycles. The first-order valence-corrected chi connectivity index (χ1v) is 10.8. The maximum Gasteiger partial charge on any atom is 0.416 e. The number of aryl methyl sites for hydroxylation is 1. The van der Waals surface area contributed by atoms with Crippen LogP contribution in [0, 0.1) is 6.92 Å². The highest BCUT2D eigenvalue weighted by atomic mass is 32.2. The number of thioether (sulfide) groups is 1. The number of anilines is 3. The van der Waals surface area contributed by atoms with E-state index < -0.39 is 22.9 Å². The summed E-state index contributed by atoms with van der Waals surface area (Å²) in [5.74, 6) is -0.115. The summed E-state index contributed by atoms with van der Waals surface area (Å²) in [7, 11) is 0. The molecule has 7 nitrogen and oxygen atoms in total. The summed E-state index contributed by atoms with van der Waals surface area (Å²) in [5, 5.41) is 8.26. The van der Waals surface area contributed by atoms with Crippen molar-refractivity contribution >= 4 is 40.8 Å². The number of carbonyl (C=O) groups is 2. The van der Waals surface area contributed by atoms with Gasteiger partial charge in [-0.2, -0.15) is 13.2 Å². The number of nitrogens with zero attached hydrogens (tertiary/aromatic N) is 2. The molecular weight excluding hydrogens is 433 g/mol.